The summed E-state index contributed by atoms with van der Waals surface area (Å²) < 4.78 is 10.6. The van der Waals surface area contributed by atoms with Crippen LogP contribution < -0.4 is 5.32 Å². The first-order valence-electron chi connectivity index (χ1n) is 15.6. The quantitative estimate of drug-likeness (QED) is 0.205. The van der Waals surface area contributed by atoms with Crippen LogP contribution in [0.15, 0.2) is 5.38 Å². The van der Waals surface area contributed by atoms with Gasteiger partial charge in [0, 0.05) is 24.3 Å². The van der Waals surface area contributed by atoms with Gasteiger partial charge in [0.15, 0.2) is 12.4 Å². The van der Waals surface area contributed by atoms with Gasteiger partial charge in [0.1, 0.15) is 17.2 Å². The predicted molar refractivity (Wildman–Crippen MR) is 165 cm³/mol. The lowest BCUT2D eigenvalue weighted by Crippen LogP contribution is -2.59. The monoisotopic (exact) mass is 624 g/mol. The highest BCUT2D eigenvalue weighted by atomic mass is 32.1. The maximum Gasteiger partial charge on any atom is 0.357 e. The summed E-state index contributed by atoms with van der Waals surface area (Å²) in [4.78, 5) is 60.3. The maximum absolute atomic E-state index is 14.4. The number of aliphatic hydroxyl groups is 1. The third-order valence-corrected chi connectivity index (χ3v) is 8.94. The average molecular weight is 625 g/mol. The number of aromatic nitrogens is 1. The van der Waals surface area contributed by atoms with Crippen molar-refractivity contribution in [3.8, 4) is 0 Å². The van der Waals surface area contributed by atoms with Crippen LogP contribution >= 0.6 is 11.3 Å². The van der Waals surface area contributed by atoms with E-state index in [4.69, 9.17) is 9.47 Å². The molecule has 2 N–H and O–H groups in total. The molecule has 1 fully saturated rings. The lowest BCUT2D eigenvalue weighted by molar-refractivity contribution is -0.160. The minimum atomic E-state index is -1.09. The minimum absolute atomic E-state index is 0.0810. The topological polar surface area (TPSA) is 138 Å². The van der Waals surface area contributed by atoms with Crippen molar-refractivity contribution in [3.05, 3.63) is 16.1 Å². The third-order valence-electron chi connectivity index (χ3n) is 8.00. The number of rotatable bonds is 16. The van der Waals surface area contributed by atoms with Gasteiger partial charge in [-0.05, 0) is 51.1 Å². The molecule has 0 unspecified atom stereocenters. The van der Waals surface area contributed by atoms with Crippen molar-refractivity contribution in [2.24, 2.45) is 17.8 Å². The smallest absolute Gasteiger partial charge is 0.357 e. The van der Waals surface area contributed by atoms with E-state index in [9.17, 15) is 24.3 Å². The van der Waals surface area contributed by atoms with E-state index < -0.39 is 30.1 Å². The van der Waals surface area contributed by atoms with Crippen molar-refractivity contribution in [3.63, 3.8) is 0 Å². The number of ether oxygens (including phenoxy) is 2. The van der Waals surface area contributed by atoms with Gasteiger partial charge in [0.05, 0.1) is 12.6 Å². The summed E-state index contributed by atoms with van der Waals surface area (Å²) in [6.07, 6.45) is 2.55. The molecule has 2 rings (SSSR count). The number of hydrogen-bond donors (Lipinski definition) is 2. The molecule has 2 amide bonds. The van der Waals surface area contributed by atoms with E-state index in [0.29, 0.717) is 11.4 Å². The number of piperidine rings is 1. The summed E-state index contributed by atoms with van der Waals surface area (Å²) in [5, 5.41) is 16.1. The first-order valence-corrected chi connectivity index (χ1v) is 16.5. The maximum atomic E-state index is 14.4. The SMILES string of the molecule is CCOC(=O)c1csc([C@H](O)C[C@H](C(C)C)N(COC(=O)CC(C)C)C(=O)[C@@H](NC(=O)[C@H]2CCCCN2C)[C@@H](C)CC)n1. The summed E-state index contributed by atoms with van der Waals surface area (Å²) in [5.41, 5.74) is 0.116. The van der Waals surface area contributed by atoms with Gasteiger partial charge in [-0.15, -0.1) is 11.3 Å². The number of nitrogens with one attached hydrogen (secondary N) is 1. The number of likely N-dealkylation sites (N-methyl/N-ethyl adjacent to an activating group) is 1. The summed E-state index contributed by atoms with van der Waals surface area (Å²) in [5.74, 6) is -1.81. The Morgan fingerprint density at radius 3 is 2.42 bits per heavy atom. The van der Waals surface area contributed by atoms with Crippen molar-refractivity contribution in [2.45, 2.75) is 111 Å². The number of aliphatic hydroxyl groups excluding tert-OH is 1. The molecule has 1 aromatic heterocycles. The summed E-state index contributed by atoms with van der Waals surface area (Å²) in [7, 11) is 1.92. The second-order valence-electron chi connectivity index (χ2n) is 12.3. The van der Waals surface area contributed by atoms with Crippen LogP contribution in [0.25, 0.3) is 0 Å². The van der Waals surface area contributed by atoms with Crippen LogP contribution in [0.2, 0.25) is 0 Å². The molecule has 43 heavy (non-hydrogen) atoms. The van der Waals surface area contributed by atoms with E-state index in [1.54, 1.807) is 6.92 Å². The number of thiazole rings is 1. The van der Waals surface area contributed by atoms with Gasteiger partial charge in [0.25, 0.3) is 0 Å². The number of hydrogen-bond acceptors (Lipinski definition) is 10. The Labute approximate surface area is 260 Å². The van der Waals surface area contributed by atoms with E-state index in [2.05, 4.69) is 10.3 Å². The van der Waals surface area contributed by atoms with Crippen molar-refractivity contribution < 1.29 is 33.8 Å². The molecule has 5 atom stereocenters. The number of carbonyl (C=O) groups excluding carboxylic acids is 4. The van der Waals surface area contributed by atoms with Crippen LogP contribution in [-0.2, 0) is 23.9 Å². The number of amides is 2. The van der Waals surface area contributed by atoms with Gasteiger partial charge in [0.2, 0.25) is 11.8 Å². The van der Waals surface area contributed by atoms with Crippen molar-refractivity contribution in [2.75, 3.05) is 26.9 Å². The fraction of sp³-hybridized carbons (Fsp3) is 0.774. The first kappa shape index (κ1) is 36.6. The van der Waals surface area contributed by atoms with Gasteiger partial charge >= 0.3 is 11.9 Å². The standard InChI is InChI=1S/C31H52N4O7S/c1-9-21(7)27(33-28(38)23-13-11-12-14-34(23)8)30(39)35(18-42-26(37)15-19(3)4)24(20(5)6)16-25(36)29-32-22(17-43-29)31(40)41-10-2/h17,19-21,23-25,27,36H,9-16,18H2,1-8H3,(H,33,38)/t21-,23+,24+,25+,27-/m0/s1. The van der Waals surface area contributed by atoms with Crippen molar-refractivity contribution in [1.29, 1.82) is 0 Å². The molecule has 0 spiro atoms. The molecule has 0 aliphatic carbocycles. The van der Waals surface area contributed by atoms with Gasteiger partial charge in [-0.3, -0.25) is 19.3 Å². The molecule has 0 aromatic carbocycles. The van der Waals surface area contributed by atoms with Crippen LogP contribution in [0.4, 0.5) is 0 Å². The van der Waals surface area contributed by atoms with E-state index in [1.807, 2.05) is 53.5 Å². The largest absolute Gasteiger partial charge is 0.461 e. The number of likely N-dealkylation sites (tertiary alicyclic amines) is 1. The van der Waals surface area contributed by atoms with Crippen LogP contribution in [0.1, 0.15) is 109 Å². The second-order valence-corrected chi connectivity index (χ2v) is 13.2. The molecular formula is C31H52N4O7S. The van der Waals surface area contributed by atoms with E-state index >= 15 is 0 Å². The zero-order chi connectivity index (χ0) is 32.3. The highest BCUT2D eigenvalue weighted by molar-refractivity contribution is 7.09. The molecule has 0 saturated carbocycles. The van der Waals surface area contributed by atoms with E-state index in [-0.39, 0.29) is 67.5 Å². The van der Waals surface area contributed by atoms with Gasteiger partial charge < -0.3 is 24.8 Å². The van der Waals surface area contributed by atoms with Crippen LogP contribution in [-0.4, -0.2) is 88.7 Å². The zero-order valence-corrected chi connectivity index (χ0v) is 27.9. The lowest BCUT2D eigenvalue weighted by atomic mass is 9.92. The number of esters is 2. The summed E-state index contributed by atoms with van der Waals surface area (Å²) in [6, 6.07) is -1.72. The highest BCUT2D eigenvalue weighted by Crippen LogP contribution is 2.29. The predicted octanol–water partition coefficient (Wildman–Crippen LogP) is 4.16. The molecule has 2 heterocycles. The minimum Gasteiger partial charge on any atom is -0.461 e. The van der Waals surface area contributed by atoms with Crippen LogP contribution in [0.5, 0.6) is 0 Å². The fourth-order valence-electron chi connectivity index (χ4n) is 5.20. The Bertz CT molecular complexity index is 1060. The fourth-order valence-corrected chi connectivity index (χ4v) is 5.99. The van der Waals surface area contributed by atoms with Crippen LogP contribution in [0, 0.1) is 17.8 Å². The normalized spacial score (nSPS) is 18.5. The molecular weight excluding hydrogens is 572 g/mol. The second kappa shape index (κ2) is 17.7. The zero-order valence-electron chi connectivity index (χ0n) is 27.1. The third kappa shape index (κ3) is 10.8. The Hall–Kier alpha value is -2.57. The molecule has 1 aromatic rings. The van der Waals surface area contributed by atoms with E-state index in [1.165, 1.54) is 10.3 Å². The number of carbonyl (C=O) groups is 4. The molecule has 1 aliphatic heterocycles. The van der Waals surface area contributed by atoms with Gasteiger partial charge in [-0.1, -0.05) is 54.4 Å². The molecule has 0 radical (unpaired) electrons. The van der Waals surface area contributed by atoms with Crippen molar-refractivity contribution >= 4 is 35.1 Å². The van der Waals surface area contributed by atoms with E-state index in [0.717, 1.165) is 37.1 Å². The van der Waals surface area contributed by atoms with Crippen molar-refractivity contribution in [1.82, 2.24) is 20.1 Å². The summed E-state index contributed by atoms with van der Waals surface area (Å²) in [6.45, 7) is 14.0. The average Bonchev–Trinajstić information content (AvgIpc) is 3.45. The molecule has 11 nitrogen and oxygen atoms in total. The molecule has 1 saturated heterocycles. The Balaban J connectivity index is 2.38. The van der Waals surface area contributed by atoms with Crippen LogP contribution in [0.3, 0.4) is 0 Å². The van der Waals surface area contributed by atoms with Gasteiger partial charge in [-0.25, -0.2) is 9.78 Å². The lowest BCUT2D eigenvalue weighted by Gasteiger charge is -2.39. The molecule has 244 valence electrons. The Kier molecular flexibility index (Phi) is 15.0. The molecule has 1 aliphatic rings. The first-order chi connectivity index (χ1) is 20.3. The number of nitrogens with zero attached hydrogens (tertiary/aromatic N) is 3. The Morgan fingerprint density at radius 2 is 1.84 bits per heavy atom. The Morgan fingerprint density at radius 1 is 1.14 bits per heavy atom. The van der Waals surface area contributed by atoms with Gasteiger partial charge in [-0.2, -0.15) is 0 Å². The highest BCUT2D eigenvalue weighted by Gasteiger charge is 2.38. The molecule has 0 bridgehead atoms. The summed E-state index contributed by atoms with van der Waals surface area (Å²) >= 11 is 1.14. The molecule has 12 heteroatoms.